The molecule has 2 aliphatic heterocycles. The van der Waals surface area contributed by atoms with Gasteiger partial charge < -0.3 is 14.5 Å². The molecule has 9 nitrogen and oxygen atoms in total. The fourth-order valence-corrected chi connectivity index (χ4v) is 4.31. The normalized spacial score (nSPS) is 17.0. The Hall–Kier alpha value is -2.98. The van der Waals surface area contributed by atoms with Crippen LogP contribution in [-0.4, -0.2) is 61.0 Å². The molecule has 152 valence electrons. The van der Waals surface area contributed by atoms with Gasteiger partial charge in [-0.2, -0.15) is 11.3 Å². The zero-order valence-corrected chi connectivity index (χ0v) is 16.5. The van der Waals surface area contributed by atoms with Crippen molar-refractivity contribution in [3.05, 3.63) is 50.7 Å². The van der Waals surface area contributed by atoms with Gasteiger partial charge in [0.2, 0.25) is 5.91 Å². The van der Waals surface area contributed by atoms with E-state index in [2.05, 4.69) is 16.8 Å². The molecule has 1 saturated heterocycles. The number of nitro benzene ring substituents is 1. The number of fused-ring (bicyclic) bond motifs is 1. The smallest absolute Gasteiger partial charge is 0.271 e. The van der Waals surface area contributed by atoms with Crippen molar-refractivity contribution >= 4 is 34.5 Å². The van der Waals surface area contributed by atoms with Gasteiger partial charge in [-0.25, -0.2) is 0 Å². The van der Waals surface area contributed by atoms with E-state index >= 15 is 0 Å². The van der Waals surface area contributed by atoms with Crippen LogP contribution in [0.5, 0.6) is 5.75 Å². The summed E-state index contributed by atoms with van der Waals surface area (Å²) < 4.78 is 5.35. The highest BCUT2D eigenvalue weighted by molar-refractivity contribution is 7.07. The Bertz CT molecular complexity index is 925. The highest BCUT2D eigenvalue weighted by Gasteiger charge is 2.32. The molecule has 2 amide bonds. The van der Waals surface area contributed by atoms with Crippen LogP contribution in [0.3, 0.4) is 0 Å². The molecule has 0 spiro atoms. The number of carbonyl (C=O) groups excluding carboxylic acids is 2. The minimum absolute atomic E-state index is 0.143. The highest BCUT2D eigenvalue weighted by Crippen LogP contribution is 2.35. The fourth-order valence-electron chi connectivity index (χ4n) is 3.64. The number of nitrogens with one attached hydrogen (secondary N) is 1. The van der Waals surface area contributed by atoms with Crippen LogP contribution < -0.4 is 14.5 Å². The number of hydrogen-bond donors (Lipinski definition) is 1. The first-order valence-corrected chi connectivity index (χ1v) is 10.3. The third kappa shape index (κ3) is 4.22. The van der Waals surface area contributed by atoms with Crippen molar-refractivity contribution in [2.45, 2.75) is 6.54 Å². The Morgan fingerprint density at radius 3 is 2.76 bits per heavy atom. The average molecular weight is 417 g/mol. The van der Waals surface area contributed by atoms with Gasteiger partial charge in [0.1, 0.15) is 18.8 Å². The van der Waals surface area contributed by atoms with Crippen LogP contribution in [0, 0.1) is 10.1 Å². The van der Waals surface area contributed by atoms with Crippen molar-refractivity contribution in [3.8, 4) is 5.75 Å². The number of piperazine rings is 1. The first kappa shape index (κ1) is 19.3. The Morgan fingerprint density at radius 2 is 2.07 bits per heavy atom. The van der Waals surface area contributed by atoms with Crippen LogP contribution in [-0.2, 0) is 16.1 Å². The van der Waals surface area contributed by atoms with Gasteiger partial charge in [-0.1, -0.05) is 0 Å². The molecule has 0 atom stereocenters. The lowest BCUT2D eigenvalue weighted by Gasteiger charge is -2.34. The lowest BCUT2D eigenvalue weighted by Crippen LogP contribution is -3.13. The molecule has 1 aromatic carbocycles. The Morgan fingerprint density at radius 1 is 1.28 bits per heavy atom. The maximum absolute atomic E-state index is 12.8. The molecule has 1 N–H and O–H groups in total. The summed E-state index contributed by atoms with van der Waals surface area (Å²) >= 11 is 1.68. The molecule has 29 heavy (non-hydrogen) atoms. The van der Waals surface area contributed by atoms with Gasteiger partial charge in [-0.15, -0.1) is 0 Å². The number of nitrogens with zero attached hydrogens (tertiary/aromatic N) is 3. The van der Waals surface area contributed by atoms with Crippen molar-refractivity contribution in [2.75, 3.05) is 44.2 Å². The quantitative estimate of drug-likeness (QED) is 0.558. The van der Waals surface area contributed by atoms with E-state index in [-0.39, 0.29) is 36.3 Å². The number of rotatable bonds is 5. The fraction of sp³-hybridized carbons (Fsp3) is 0.368. The minimum atomic E-state index is -0.533. The molecule has 2 aromatic rings. The summed E-state index contributed by atoms with van der Waals surface area (Å²) in [5.74, 6) is -0.173. The first-order valence-electron chi connectivity index (χ1n) is 9.35. The summed E-state index contributed by atoms with van der Waals surface area (Å²) in [6.45, 7) is 3.57. The number of amides is 2. The van der Waals surface area contributed by atoms with Crippen LogP contribution in [0.1, 0.15) is 5.56 Å². The number of hydrogen-bond acceptors (Lipinski definition) is 6. The lowest BCUT2D eigenvalue weighted by atomic mass is 10.2. The molecule has 1 fully saturated rings. The van der Waals surface area contributed by atoms with Crippen molar-refractivity contribution in [1.29, 1.82) is 0 Å². The molecule has 2 aliphatic rings. The van der Waals surface area contributed by atoms with Gasteiger partial charge in [0.25, 0.3) is 11.6 Å². The Labute approximate surface area is 171 Å². The third-order valence-electron chi connectivity index (χ3n) is 5.25. The maximum Gasteiger partial charge on any atom is 0.271 e. The second-order valence-electron chi connectivity index (χ2n) is 7.12. The summed E-state index contributed by atoms with van der Waals surface area (Å²) in [5, 5.41) is 15.3. The molecule has 4 rings (SSSR count). The molecule has 0 aliphatic carbocycles. The van der Waals surface area contributed by atoms with Gasteiger partial charge in [-0.05, 0) is 22.9 Å². The first-order chi connectivity index (χ1) is 14.0. The number of ether oxygens (including phenoxy) is 1. The summed E-state index contributed by atoms with van der Waals surface area (Å²) in [6.07, 6.45) is 0. The van der Waals surface area contributed by atoms with Gasteiger partial charge in [0.15, 0.2) is 6.61 Å². The average Bonchev–Trinajstić information content (AvgIpc) is 3.23. The third-order valence-corrected chi connectivity index (χ3v) is 5.98. The molecule has 1 aromatic heterocycles. The lowest BCUT2D eigenvalue weighted by molar-refractivity contribution is -0.917. The number of thiophene rings is 1. The summed E-state index contributed by atoms with van der Waals surface area (Å²) in [7, 11) is 0. The van der Waals surface area contributed by atoms with Crippen LogP contribution in [0.4, 0.5) is 11.4 Å². The monoisotopic (exact) mass is 417 g/mol. The van der Waals surface area contributed by atoms with Crippen LogP contribution in [0.25, 0.3) is 0 Å². The van der Waals surface area contributed by atoms with E-state index in [4.69, 9.17) is 4.74 Å². The van der Waals surface area contributed by atoms with Gasteiger partial charge >= 0.3 is 0 Å². The van der Waals surface area contributed by atoms with Crippen LogP contribution in [0.2, 0.25) is 0 Å². The number of carbonyl (C=O) groups is 2. The summed E-state index contributed by atoms with van der Waals surface area (Å²) in [6, 6.07) is 6.19. The summed E-state index contributed by atoms with van der Waals surface area (Å²) in [4.78, 5) is 40.2. The van der Waals surface area contributed by atoms with Crippen molar-refractivity contribution < 1.29 is 24.1 Å². The molecule has 0 unspecified atom stereocenters. The molecule has 10 heteroatoms. The Kier molecular flexibility index (Phi) is 5.45. The van der Waals surface area contributed by atoms with E-state index in [0.717, 1.165) is 19.6 Å². The zero-order chi connectivity index (χ0) is 20.4. The molecule has 0 radical (unpaired) electrons. The number of anilines is 1. The number of quaternary nitrogens is 1. The van der Waals surface area contributed by atoms with E-state index in [1.54, 1.807) is 16.2 Å². The molecular formula is C19H21N4O5S+. The predicted octanol–water partition coefficient (Wildman–Crippen LogP) is 0.309. The maximum atomic E-state index is 12.8. The van der Waals surface area contributed by atoms with Crippen molar-refractivity contribution in [3.63, 3.8) is 0 Å². The molecular weight excluding hydrogens is 396 g/mol. The van der Waals surface area contributed by atoms with Crippen molar-refractivity contribution in [2.24, 2.45) is 0 Å². The second kappa shape index (κ2) is 8.18. The Balaban J connectivity index is 1.40. The van der Waals surface area contributed by atoms with Crippen LogP contribution >= 0.6 is 11.3 Å². The number of non-ortho nitro benzene ring substituents is 1. The second-order valence-corrected chi connectivity index (χ2v) is 7.90. The van der Waals surface area contributed by atoms with Gasteiger partial charge in [0.05, 0.1) is 36.8 Å². The molecule has 3 heterocycles. The molecule has 0 bridgehead atoms. The van der Waals surface area contributed by atoms with E-state index in [0.29, 0.717) is 18.8 Å². The number of benzene rings is 1. The van der Waals surface area contributed by atoms with E-state index in [9.17, 15) is 19.7 Å². The standard InChI is InChI=1S/C19H20N4O5S/c24-18(21-6-4-20(5-7-21)10-14-3-8-29-13-14)11-22-16-9-15(23(26)27)1-2-17(16)28-12-19(22)25/h1-3,8-9,13H,4-7,10-12H2/p+1. The predicted molar refractivity (Wildman–Crippen MR) is 106 cm³/mol. The zero-order valence-electron chi connectivity index (χ0n) is 15.7. The SMILES string of the molecule is O=C(CN1C(=O)COc2ccc([N+](=O)[O-])cc21)N1CC[NH+](Cc2ccsc2)CC1. The van der Waals surface area contributed by atoms with Gasteiger partial charge in [-0.3, -0.25) is 24.6 Å². The highest BCUT2D eigenvalue weighted by atomic mass is 32.1. The topological polar surface area (TPSA) is 97.4 Å². The summed E-state index contributed by atoms with van der Waals surface area (Å²) in [5.41, 5.74) is 1.43. The number of nitro groups is 1. The van der Waals surface area contributed by atoms with E-state index < -0.39 is 4.92 Å². The van der Waals surface area contributed by atoms with Crippen LogP contribution in [0.15, 0.2) is 35.0 Å². The molecule has 0 saturated carbocycles. The van der Waals surface area contributed by atoms with E-state index in [1.807, 2.05) is 0 Å². The largest absolute Gasteiger partial charge is 0.482 e. The minimum Gasteiger partial charge on any atom is -0.482 e. The van der Waals surface area contributed by atoms with Gasteiger partial charge in [0, 0.05) is 17.7 Å². The van der Waals surface area contributed by atoms with E-state index in [1.165, 1.54) is 33.6 Å². The van der Waals surface area contributed by atoms with Crippen molar-refractivity contribution in [1.82, 2.24) is 4.90 Å².